The summed E-state index contributed by atoms with van der Waals surface area (Å²) < 4.78 is 5.15. The number of hydrogen-bond acceptors (Lipinski definition) is 3. The minimum atomic E-state index is -1.11. The number of benzene rings is 2. The third-order valence-electron chi connectivity index (χ3n) is 3.76. The number of nitrogens with zero attached hydrogens (tertiary/aromatic N) is 1. The van der Waals surface area contributed by atoms with Crippen LogP contribution in [0.2, 0.25) is 0 Å². The number of nitrogens with one attached hydrogen (secondary N) is 1. The lowest BCUT2D eigenvalue weighted by molar-refractivity contribution is -0.144. The lowest BCUT2D eigenvalue weighted by Crippen LogP contribution is -2.40. The Bertz CT molecular complexity index is 704. The Labute approximate surface area is 140 Å². The summed E-state index contributed by atoms with van der Waals surface area (Å²) in [6, 6.07) is 19.1. The van der Waals surface area contributed by atoms with Gasteiger partial charge in [-0.05, 0) is 11.1 Å². The molecule has 0 fully saturated rings. The van der Waals surface area contributed by atoms with E-state index in [9.17, 15) is 4.79 Å². The van der Waals surface area contributed by atoms with E-state index >= 15 is 0 Å². The maximum Gasteiger partial charge on any atom is 0.328 e. The quantitative estimate of drug-likeness (QED) is 0.747. The molecule has 0 amide bonds. The molecule has 3 rings (SSSR count). The first-order valence-electron chi connectivity index (χ1n) is 6.99. The number of carbonyl (C=O) groups excluding carboxylic acids is 1. The molecule has 0 aliphatic carbocycles. The van der Waals surface area contributed by atoms with Gasteiger partial charge < -0.3 is 9.72 Å². The first-order chi connectivity index (χ1) is 10.8. The maximum atomic E-state index is 12.9. The standard InChI is InChI=1S/C18H16N2O2.ClH/c1-22-17(21)18(16-19-12-13-20-16,14-8-4-2-5-9-14)15-10-6-3-7-11-15;/h2-13H,1H3,(H,19,20);1H. The molecule has 0 saturated carbocycles. The first kappa shape index (κ1) is 16.8. The van der Waals surface area contributed by atoms with Crippen molar-refractivity contribution in [1.29, 1.82) is 0 Å². The van der Waals surface area contributed by atoms with Gasteiger partial charge in [0.25, 0.3) is 0 Å². The van der Waals surface area contributed by atoms with Crippen LogP contribution >= 0.6 is 12.4 Å². The zero-order chi connectivity index (χ0) is 15.4. The van der Waals surface area contributed by atoms with Crippen LogP contribution in [0.1, 0.15) is 17.0 Å². The number of H-pyrrole nitrogens is 1. The van der Waals surface area contributed by atoms with Gasteiger partial charge in [-0.3, -0.25) is 4.79 Å². The fourth-order valence-corrected chi connectivity index (χ4v) is 2.77. The topological polar surface area (TPSA) is 55.0 Å². The number of carbonyl (C=O) groups is 1. The molecule has 1 N–H and O–H groups in total. The van der Waals surface area contributed by atoms with E-state index in [1.807, 2.05) is 60.7 Å². The molecule has 0 bridgehead atoms. The van der Waals surface area contributed by atoms with Crippen molar-refractivity contribution in [3.05, 3.63) is 90.0 Å². The van der Waals surface area contributed by atoms with Crippen LogP contribution in [0.3, 0.4) is 0 Å². The third-order valence-corrected chi connectivity index (χ3v) is 3.76. The largest absolute Gasteiger partial charge is 0.468 e. The Balaban J connectivity index is 0.00000192. The van der Waals surface area contributed by atoms with Crippen LogP contribution in [-0.2, 0) is 14.9 Å². The highest BCUT2D eigenvalue weighted by Crippen LogP contribution is 2.38. The van der Waals surface area contributed by atoms with Gasteiger partial charge >= 0.3 is 5.97 Å². The lowest BCUT2D eigenvalue weighted by atomic mass is 9.73. The summed E-state index contributed by atoms with van der Waals surface area (Å²) in [5, 5.41) is 0. The van der Waals surface area contributed by atoms with Gasteiger partial charge in [-0.2, -0.15) is 0 Å². The van der Waals surface area contributed by atoms with Crippen molar-refractivity contribution in [2.45, 2.75) is 5.41 Å². The number of rotatable bonds is 4. The summed E-state index contributed by atoms with van der Waals surface area (Å²) in [5.41, 5.74) is 0.506. The average Bonchev–Trinajstić information content (AvgIpc) is 3.12. The second-order valence-corrected chi connectivity index (χ2v) is 4.91. The minimum absolute atomic E-state index is 0. The Morgan fingerprint density at radius 2 is 1.52 bits per heavy atom. The van der Waals surface area contributed by atoms with Gasteiger partial charge in [0.05, 0.1) is 7.11 Å². The number of hydrogen-bond donors (Lipinski definition) is 1. The number of esters is 1. The second-order valence-electron chi connectivity index (χ2n) is 4.91. The summed E-state index contributed by atoms with van der Waals surface area (Å²) in [4.78, 5) is 20.3. The number of imidazole rings is 1. The van der Waals surface area contributed by atoms with Crippen LogP contribution in [0.15, 0.2) is 73.1 Å². The van der Waals surface area contributed by atoms with Gasteiger partial charge in [0.15, 0.2) is 5.41 Å². The van der Waals surface area contributed by atoms with Crippen molar-refractivity contribution in [1.82, 2.24) is 9.97 Å². The van der Waals surface area contributed by atoms with Gasteiger partial charge in [-0.25, -0.2) is 4.98 Å². The van der Waals surface area contributed by atoms with Crippen LogP contribution in [0.25, 0.3) is 0 Å². The van der Waals surface area contributed by atoms with Gasteiger partial charge in [0.1, 0.15) is 5.82 Å². The summed E-state index contributed by atoms with van der Waals surface area (Å²) in [6.07, 6.45) is 3.35. The molecule has 0 radical (unpaired) electrons. The van der Waals surface area contributed by atoms with E-state index in [4.69, 9.17) is 4.74 Å². The summed E-state index contributed by atoms with van der Waals surface area (Å²) in [6.45, 7) is 0. The van der Waals surface area contributed by atoms with Crippen molar-refractivity contribution in [3.8, 4) is 0 Å². The molecule has 0 atom stereocenters. The van der Waals surface area contributed by atoms with Gasteiger partial charge in [-0.1, -0.05) is 60.7 Å². The Hall–Kier alpha value is -2.59. The molecule has 0 aliphatic heterocycles. The molecular weight excluding hydrogens is 312 g/mol. The zero-order valence-electron chi connectivity index (χ0n) is 12.6. The predicted molar refractivity (Wildman–Crippen MR) is 90.6 cm³/mol. The van der Waals surface area contributed by atoms with E-state index in [1.54, 1.807) is 12.4 Å². The molecular formula is C18H17ClN2O2. The van der Waals surface area contributed by atoms with Gasteiger partial charge in [0, 0.05) is 12.4 Å². The highest BCUT2D eigenvalue weighted by Gasteiger charge is 2.47. The first-order valence-corrected chi connectivity index (χ1v) is 6.99. The number of methoxy groups -OCH3 is 1. The van der Waals surface area contributed by atoms with Crippen molar-refractivity contribution in [2.24, 2.45) is 0 Å². The molecule has 0 saturated heterocycles. The van der Waals surface area contributed by atoms with E-state index in [1.165, 1.54) is 7.11 Å². The Kier molecular flexibility index (Phi) is 5.19. The van der Waals surface area contributed by atoms with Crippen molar-refractivity contribution in [2.75, 3.05) is 7.11 Å². The number of halogens is 1. The predicted octanol–water partition coefficient (Wildman–Crippen LogP) is 3.34. The minimum Gasteiger partial charge on any atom is -0.468 e. The molecule has 2 aromatic carbocycles. The normalized spacial score (nSPS) is 10.7. The molecule has 0 unspecified atom stereocenters. The highest BCUT2D eigenvalue weighted by molar-refractivity contribution is 5.91. The maximum absolute atomic E-state index is 12.9. The monoisotopic (exact) mass is 328 g/mol. The molecule has 1 heterocycles. The zero-order valence-corrected chi connectivity index (χ0v) is 13.4. The summed E-state index contributed by atoms with van der Waals surface area (Å²) >= 11 is 0. The highest BCUT2D eigenvalue weighted by atomic mass is 35.5. The van der Waals surface area contributed by atoms with Gasteiger partial charge in [0.2, 0.25) is 0 Å². The van der Waals surface area contributed by atoms with Crippen LogP contribution < -0.4 is 0 Å². The van der Waals surface area contributed by atoms with E-state index in [0.29, 0.717) is 5.82 Å². The summed E-state index contributed by atoms with van der Waals surface area (Å²) in [5.74, 6) is 0.164. The van der Waals surface area contributed by atoms with Gasteiger partial charge in [-0.15, -0.1) is 12.4 Å². The van der Waals surface area contributed by atoms with Crippen molar-refractivity contribution < 1.29 is 9.53 Å². The molecule has 118 valence electrons. The number of aromatic nitrogens is 2. The summed E-state index contributed by atoms with van der Waals surface area (Å²) in [7, 11) is 1.39. The third kappa shape index (κ3) is 2.73. The molecule has 1 aromatic heterocycles. The second kappa shape index (κ2) is 7.11. The molecule has 0 spiro atoms. The van der Waals surface area contributed by atoms with Crippen molar-refractivity contribution in [3.63, 3.8) is 0 Å². The van der Waals surface area contributed by atoms with E-state index in [0.717, 1.165) is 11.1 Å². The van der Waals surface area contributed by atoms with Crippen LogP contribution in [0, 0.1) is 0 Å². The smallest absolute Gasteiger partial charge is 0.328 e. The molecule has 3 aromatic rings. The molecule has 0 aliphatic rings. The van der Waals surface area contributed by atoms with Crippen LogP contribution in [0.5, 0.6) is 0 Å². The Morgan fingerprint density at radius 3 is 1.91 bits per heavy atom. The number of aromatic amines is 1. The lowest BCUT2D eigenvalue weighted by Gasteiger charge is -2.30. The fourth-order valence-electron chi connectivity index (χ4n) is 2.77. The average molecular weight is 329 g/mol. The van der Waals surface area contributed by atoms with E-state index in [2.05, 4.69) is 9.97 Å². The van der Waals surface area contributed by atoms with Crippen molar-refractivity contribution >= 4 is 18.4 Å². The van der Waals surface area contributed by atoms with E-state index < -0.39 is 5.41 Å². The number of ether oxygens (including phenoxy) is 1. The van der Waals surface area contributed by atoms with Crippen LogP contribution in [-0.4, -0.2) is 23.0 Å². The van der Waals surface area contributed by atoms with E-state index in [-0.39, 0.29) is 18.4 Å². The fraction of sp³-hybridized carbons (Fsp3) is 0.111. The molecule has 23 heavy (non-hydrogen) atoms. The molecule has 4 nitrogen and oxygen atoms in total. The Morgan fingerprint density at radius 1 is 1.00 bits per heavy atom. The van der Waals surface area contributed by atoms with Crippen LogP contribution in [0.4, 0.5) is 0 Å². The molecule has 5 heteroatoms. The SMILES string of the molecule is COC(=O)C(c1ccccc1)(c1ccccc1)c1ncc[nH]1.Cl.